The van der Waals surface area contributed by atoms with Gasteiger partial charge in [0, 0.05) is 12.4 Å². The number of aromatic nitrogens is 4. The van der Waals surface area contributed by atoms with E-state index in [0.717, 1.165) is 16.5 Å². The Balaban J connectivity index is 1.79. The van der Waals surface area contributed by atoms with E-state index >= 15 is 0 Å². The van der Waals surface area contributed by atoms with Gasteiger partial charge in [-0.25, -0.2) is 28.4 Å². The SMILES string of the molecule is Cc1ccc(-c2c(Cl)nc(-c3ncccn3)nc2NS(=O)(=O)C=Cc2ccccc2)cc1. The summed E-state index contributed by atoms with van der Waals surface area (Å²) in [6, 6.07) is 18.2. The molecule has 2 aromatic carbocycles. The van der Waals surface area contributed by atoms with Crippen LogP contribution in [0, 0.1) is 6.92 Å². The summed E-state index contributed by atoms with van der Waals surface area (Å²) in [6.45, 7) is 1.95. The number of halogens is 1. The first-order valence-corrected chi connectivity index (χ1v) is 11.5. The molecule has 0 aliphatic heterocycles. The summed E-state index contributed by atoms with van der Waals surface area (Å²) in [6.07, 6.45) is 4.58. The lowest BCUT2D eigenvalue weighted by molar-refractivity contribution is 0.609. The highest BCUT2D eigenvalue weighted by Gasteiger charge is 2.20. The molecule has 32 heavy (non-hydrogen) atoms. The Kier molecular flexibility index (Phi) is 6.25. The van der Waals surface area contributed by atoms with Crippen molar-refractivity contribution >= 4 is 33.5 Å². The second-order valence-corrected chi connectivity index (χ2v) is 8.78. The fourth-order valence-corrected chi connectivity index (χ4v) is 4.00. The average molecular weight is 464 g/mol. The molecule has 9 heteroatoms. The molecule has 0 aliphatic rings. The fourth-order valence-electron chi connectivity index (χ4n) is 2.90. The van der Waals surface area contributed by atoms with Crippen molar-refractivity contribution in [3.05, 3.63) is 94.7 Å². The lowest BCUT2D eigenvalue weighted by Gasteiger charge is -2.13. The van der Waals surface area contributed by atoms with Gasteiger partial charge in [-0.2, -0.15) is 0 Å². The van der Waals surface area contributed by atoms with Crippen LogP contribution in [0.15, 0.2) is 78.5 Å². The predicted molar refractivity (Wildman–Crippen MR) is 126 cm³/mol. The van der Waals surface area contributed by atoms with Gasteiger partial charge < -0.3 is 0 Å². The standard InChI is InChI=1S/C23H18ClN5O2S/c1-16-8-10-18(11-9-16)19-20(24)27-23(22-25-13-5-14-26-22)28-21(19)29-32(30,31)15-12-17-6-3-2-4-7-17/h2-15H,1H3,(H,27,28,29). The van der Waals surface area contributed by atoms with Crippen LogP contribution < -0.4 is 4.72 Å². The van der Waals surface area contributed by atoms with Crippen molar-refractivity contribution in [3.63, 3.8) is 0 Å². The van der Waals surface area contributed by atoms with E-state index in [0.29, 0.717) is 11.1 Å². The van der Waals surface area contributed by atoms with Crippen molar-refractivity contribution in [1.82, 2.24) is 19.9 Å². The third kappa shape index (κ3) is 5.16. The first kappa shape index (κ1) is 21.6. The van der Waals surface area contributed by atoms with E-state index in [1.807, 2.05) is 49.4 Å². The van der Waals surface area contributed by atoms with Crippen LogP contribution in [0.1, 0.15) is 11.1 Å². The lowest BCUT2D eigenvalue weighted by Crippen LogP contribution is -2.13. The minimum absolute atomic E-state index is 0.0361. The summed E-state index contributed by atoms with van der Waals surface area (Å²) >= 11 is 6.50. The topological polar surface area (TPSA) is 97.7 Å². The number of rotatable bonds is 6. The third-order valence-corrected chi connectivity index (χ3v) is 5.69. The minimum atomic E-state index is -3.91. The molecular weight excluding hydrogens is 446 g/mol. The van der Waals surface area contributed by atoms with Crippen molar-refractivity contribution in [3.8, 4) is 22.8 Å². The van der Waals surface area contributed by atoms with Crippen LogP contribution >= 0.6 is 11.6 Å². The molecule has 0 bridgehead atoms. The van der Waals surface area contributed by atoms with Crippen LogP contribution in [0.25, 0.3) is 28.9 Å². The number of aryl methyl sites for hydroxylation is 1. The van der Waals surface area contributed by atoms with E-state index in [1.165, 1.54) is 6.08 Å². The Bertz CT molecular complexity index is 1360. The highest BCUT2D eigenvalue weighted by atomic mass is 35.5. The van der Waals surface area contributed by atoms with E-state index in [1.54, 1.807) is 30.6 Å². The molecule has 0 saturated heterocycles. The molecule has 0 saturated carbocycles. The summed E-state index contributed by atoms with van der Waals surface area (Å²) < 4.78 is 28.2. The first-order chi connectivity index (χ1) is 15.4. The first-order valence-electron chi connectivity index (χ1n) is 9.59. The van der Waals surface area contributed by atoms with Gasteiger partial charge in [-0.05, 0) is 30.2 Å². The molecule has 0 spiro atoms. The second kappa shape index (κ2) is 9.25. The number of nitrogens with one attached hydrogen (secondary N) is 1. The normalized spacial score (nSPS) is 11.6. The average Bonchev–Trinajstić information content (AvgIpc) is 2.80. The van der Waals surface area contributed by atoms with Gasteiger partial charge in [0.15, 0.2) is 11.6 Å². The Morgan fingerprint density at radius 2 is 1.56 bits per heavy atom. The van der Waals surface area contributed by atoms with Crippen LogP contribution in [0.4, 0.5) is 5.82 Å². The van der Waals surface area contributed by atoms with Gasteiger partial charge in [0.25, 0.3) is 10.0 Å². The third-order valence-electron chi connectivity index (χ3n) is 4.45. The number of anilines is 1. The molecule has 4 aromatic rings. The molecular formula is C23H18ClN5O2S. The highest BCUT2D eigenvalue weighted by molar-refractivity contribution is 7.95. The summed E-state index contributed by atoms with van der Waals surface area (Å²) in [4.78, 5) is 17.0. The lowest BCUT2D eigenvalue weighted by atomic mass is 10.1. The molecule has 1 N–H and O–H groups in total. The molecule has 0 atom stereocenters. The fraction of sp³-hybridized carbons (Fsp3) is 0.0435. The number of hydrogen-bond donors (Lipinski definition) is 1. The molecule has 7 nitrogen and oxygen atoms in total. The van der Waals surface area contributed by atoms with Crippen molar-refractivity contribution < 1.29 is 8.42 Å². The van der Waals surface area contributed by atoms with Gasteiger partial charge in [0.05, 0.1) is 11.0 Å². The van der Waals surface area contributed by atoms with E-state index in [9.17, 15) is 8.42 Å². The summed E-state index contributed by atoms with van der Waals surface area (Å²) in [5, 5.41) is 1.16. The van der Waals surface area contributed by atoms with Crippen LogP contribution in [0.5, 0.6) is 0 Å². The van der Waals surface area contributed by atoms with Gasteiger partial charge in [-0.1, -0.05) is 71.8 Å². The Morgan fingerprint density at radius 1 is 0.875 bits per heavy atom. The molecule has 0 fully saturated rings. The van der Waals surface area contributed by atoms with Crippen LogP contribution in [-0.4, -0.2) is 28.4 Å². The van der Waals surface area contributed by atoms with Crippen molar-refractivity contribution in [2.45, 2.75) is 6.92 Å². The number of benzene rings is 2. The molecule has 2 heterocycles. The Hall–Kier alpha value is -3.62. The van der Waals surface area contributed by atoms with E-state index in [-0.39, 0.29) is 22.6 Å². The van der Waals surface area contributed by atoms with Crippen molar-refractivity contribution in [1.29, 1.82) is 0 Å². The summed E-state index contributed by atoms with van der Waals surface area (Å²) in [7, 11) is -3.91. The van der Waals surface area contributed by atoms with E-state index in [2.05, 4.69) is 24.7 Å². The zero-order valence-corrected chi connectivity index (χ0v) is 18.5. The quantitative estimate of drug-likeness (QED) is 0.405. The van der Waals surface area contributed by atoms with Crippen molar-refractivity contribution in [2.24, 2.45) is 0 Å². The Labute approximate surface area is 191 Å². The number of nitrogens with zero attached hydrogens (tertiary/aromatic N) is 4. The van der Waals surface area contributed by atoms with Crippen LogP contribution in [0.3, 0.4) is 0 Å². The maximum atomic E-state index is 12.8. The number of sulfonamides is 1. The molecule has 160 valence electrons. The molecule has 0 radical (unpaired) electrons. The zero-order valence-electron chi connectivity index (χ0n) is 17.0. The molecule has 2 aromatic heterocycles. The van der Waals surface area contributed by atoms with Gasteiger partial charge in [-0.3, -0.25) is 4.72 Å². The molecule has 4 rings (SSSR count). The molecule has 0 unspecified atom stereocenters. The van der Waals surface area contributed by atoms with E-state index < -0.39 is 10.0 Å². The largest absolute Gasteiger partial charge is 0.263 e. The summed E-state index contributed by atoms with van der Waals surface area (Å²) in [5.41, 5.74) is 2.83. The monoisotopic (exact) mass is 463 g/mol. The zero-order chi connectivity index (χ0) is 22.6. The molecule has 0 aliphatic carbocycles. The smallest absolute Gasteiger partial charge is 0.256 e. The van der Waals surface area contributed by atoms with Crippen LogP contribution in [-0.2, 0) is 10.0 Å². The Morgan fingerprint density at radius 3 is 2.25 bits per heavy atom. The van der Waals surface area contributed by atoms with Crippen LogP contribution in [0.2, 0.25) is 5.15 Å². The van der Waals surface area contributed by atoms with Crippen molar-refractivity contribution in [2.75, 3.05) is 4.72 Å². The van der Waals surface area contributed by atoms with Gasteiger partial charge in [-0.15, -0.1) is 0 Å². The predicted octanol–water partition coefficient (Wildman–Crippen LogP) is 4.98. The maximum Gasteiger partial charge on any atom is 0.256 e. The minimum Gasteiger partial charge on any atom is -0.263 e. The van der Waals surface area contributed by atoms with Gasteiger partial charge in [0.2, 0.25) is 5.82 Å². The maximum absolute atomic E-state index is 12.8. The molecule has 0 amide bonds. The second-order valence-electron chi connectivity index (χ2n) is 6.86. The summed E-state index contributed by atoms with van der Waals surface area (Å²) in [5.74, 6) is 0.371. The van der Waals surface area contributed by atoms with Gasteiger partial charge >= 0.3 is 0 Å². The van der Waals surface area contributed by atoms with Gasteiger partial charge in [0.1, 0.15) is 5.15 Å². The highest BCUT2D eigenvalue weighted by Crippen LogP contribution is 2.34. The number of hydrogen-bond acceptors (Lipinski definition) is 6. The van der Waals surface area contributed by atoms with E-state index in [4.69, 9.17) is 11.6 Å².